The minimum absolute atomic E-state index is 0.0354. The highest BCUT2D eigenvalue weighted by Crippen LogP contribution is 2.40. The number of tetrazole rings is 1. The summed E-state index contributed by atoms with van der Waals surface area (Å²) in [5, 5.41) is 38.6. The Morgan fingerprint density at radius 3 is 2.34 bits per heavy atom. The van der Waals surface area contributed by atoms with Crippen LogP contribution < -0.4 is 10.1 Å². The second-order valence-electron chi connectivity index (χ2n) is 12.0. The topological polar surface area (TPSA) is 166 Å². The molecule has 1 heterocycles. The van der Waals surface area contributed by atoms with E-state index in [0.29, 0.717) is 27.6 Å². The number of amides is 2. The summed E-state index contributed by atoms with van der Waals surface area (Å²) >= 11 is 0. The molecule has 0 atom stereocenters. The molecule has 0 aliphatic carbocycles. The Kier molecular flexibility index (Phi) is 9.22. The number of carbonyl (C=O) groups excluding carboxylic acids is 2. The van der Waals surface area contributed by atoms with Crippen LogP contribution >= 0.6 is 0 Å². The minimum atomic E-state index is -0.557. The second-order valence-corrected chi connectivity index (χ2v) is 12.0. The van der Waals surface area contributed by atoms with Gasteiger partial charge in [0.1, 0.15) is 17.2 Å². The van der Waals surface area contributed by atoms with Gasteiger partial charge in [-0.3, -0.25) is 14.9 Å². The average molecular weight is 672 g/mol. The third-order valence-corrected chi connectivity index (χ3v) is 8.26. The van der Waals surface area contributed by atoms with E-state index in [4.69, 9.17) is 4.74 Å². The Labute approximate surface area is 286 Å². The van der Waals surface area contributed by atoms with Crippen LogP contribution in [0.5, 0.6) is 17.2 Å². The number of hydrogen-bond donors (Lipinski definition) is 2. The Bertz CT molecular complexity index is 2250. The highest BCUT2D eigenvalue weighted by atomic mass is 16.6. The SMILES string of the molecule is Cc1ccc(-c2nnnn2C(=O)N(Cc2cc([N+](=O)[O-])ccc2Oc2cc(C(=O)Nc3ccccc3C)c(O)c3ccccc23)C(C)C)cc1. The number of fused-ring (bicyclic) bond motifs is 1. The zero-order valence-corrected chi connectivity index (χ0v) is 27.7. The molecule has 0 spiro atoms. The first-order valence-electron chi connectivity index (χ1n) is 15.7. The van der Waals surface area contributed by atoms with Crippen molar-refractivity contribution in [3.8, 4) is 28.6 Å². The van der Waals surface area contributed by atoms with Crippen molar-refractivity contribution < 1.29 is 24.4 Å². The summed E-state index contributed by atoms with van der Waals surface area (Å²) in [7, 11) is 0. The van der Waals surface area contributed by atoms with Crippen LogP contribution in [0, 0.1) is 24.0 Å². The third kappa shape index (κ3) is 6.69. The molecule has 0 fully saturated rings. The fourth-order valence-corrected chi connectivity index (χ4v) is 5.48. The Morgan fingerprint density at radius 2 is 1.64 bits per heavy atom. The highest BCUT2D eigenvalue weighted by Gasteiger charge is 2.27. The molecule has 0 bridgehead atoms. The number of phenols is 1. The maximum Gasteiger partial charge on any atom is 0.348 e. The van der Waals surface area contributed by atoms with Gasteiger partial charge in [-0.2, -0.15) is 0 Å². The highest BCUT2D eigenvalue weighted by molar-refractivity contribution is 6.11. The molecular formula is C37H33N7O6. The van der Waals surface area contributed by atoms with Crippen LogP contribution in [0.1, 0.15) is 40.9 Å². The van der Waals surface area contributed by atoms with Crippen LogP contribution in [0.3, 0.4) is 0 Å². The van der Waals surface area contributed by atoms with Crippen molar-refractivity contribution in [1.82, 2.24) is 25.1 Å². The number of phenolic OH excluding ortho intramolecular Hbond substituents is 1. The third-order valence-electron chi connectivity index (χ3n) is 8.26. The van der Waals surface area contributed by atoms with Gasteiger partial charge in [-0.05, 0) is 61.9 Å². The number of aromatic nitrogens is 4. The van der Waals surface area contributed by atoms with E-state index in [9.17, 15) is 24.8 Å². The second kappa shape index (κ2) is 13.8. The number of nitro benzene ring substituents is 1. The monoisotopic (exact) mass is 671 g/mol. The molecular weight excluding hydrogens is 638 g/mol. The molecule has 0 saturated heterocycles. The van der Waals surface area contributed by atoms with Crippen LogP contribution in [-0.4, -0.2) is 53.1 Å². The Morgan fingerprint density at radius 1 is 0.940 bits per heavy atom. The lowest BCUT2D eigenvalue weighted by Gasteiger charge is -2.27. The number of nitro groups is 1. The molecule has 0 aliphatic heterocycles. The summed E-state index contributed by atoms with van der Waals surface area (Å²) in [4.78, 5) is 40.3. The molecule has 0 unspecified atom stereocenters. The van der Waals surface area contributed by atoms with Crippen molar-refractivity contribution in [2.24, 2.45) is 0 Å². The van der Waals surface area contributed by atoms with Gasteiger partial charge in [-0.15, -0.1) is 9.78 Å². The lowest BCUT2D eigenvalue weighted by molar-refractivity contribution is -0.384. The van der Waals surface area contributed by atoms with Gasteiger partial charge < -0.3 is 20.1 Å². The summed E-state index contributed by atoms with van der Waals surface area (Å²) in [6, 6.07) is 26.1. The summed E-state index contributed by atoms with van der Waals surface area (Å²) in [5.74, 6) is -0.133. The zero-order chi connectivity index (χ0) is 35.5. The molecule has 13 heteroatoms. The molecule has 50 heavy (non-hydrogen) atoms. The lowest BCUT2D eigenvalue weighted by atomic mass is 10.0. The first kappa shape index (κ1) is 33.3. The summed E-state index contributed by atoms with van der Waals surface area (Å²) < 4.78 is 7.53. The molecule has 6 aromatic rings. The smallest absolute Gasteiger partial charge is 0.348 e. The van der Waals surface area contributed by atoms with Gasteiger partial charge in [0.15, 0.2) is 5.82 Å². The van der Waals surface area contributed by atoms with Gasteiger partial charge in [-0.1, -0.05) is 72.3 Å². The fraction of sp³-hybridized carbons (Fsp3) is 0.162. The zero-order valence-electron chi connectivity index (χ0n) is 27.7. The lowest BCUT2D eigenvalue weighted by Crippen LogP contribution is -2.40. The molecule has 2 N–H and O–H groups in total. The van der Waals surface area contributed by atoms with E-state index in [2.05, 4.69) is 20.8 Å². The van der Waals surface area contributed by atoms with Gasteiger partial charge in [-0.25, -0.2) is 4.79 Å². The number of nitrogens with one attached hydrogen (secondary N) is 1. The van der Waals surface area contributed by atoms with Crippen molar-refractivity contribution in [2.45, 2.75) is 40.3 Å². The standard InChI is InChI=1S/C37H33N7O6/c1-22(2)42(37(47)43-35(39-40-41-43)25-15-13-23(3)14-16-25)21-26-19-27(44(48)49)17-18-32(26)50-33-20-30(34(45)29-11-7-6-10-28(29)33)36(46)38-31-12-8-5-9-24(31)4/h5-20,22,45H,21H2,1-4H3,(H,38,46). The first-order chi connectivity index (χ1) is 24.0. The Hall–Kier alpha value is -6.63. The molecule has 13 nitrogen and oxygen atoms in total. The van der Waals surface area contributed by atoms with Gasteiger partial charge in [0.25, 0.3) is 11.6 Å². The molecule has 0 radical (unpaired) electrons. The van der Waals surface area contributed by atoms with Crippen molar-refractivity contribution in [3.63, 3.8) is 0 Å². The summed E-state index contributed by atoms with van der Waals surface area (Å²) in [6.07, 6.45) is 0. The van der Waals surface area contributed by atoms with Gasteiger partial charge in [0, 0.05) is 45.8 Å². The summed E-state index contributed by atoms with van der Waals surface area (Å²) in [5.41, 5.74) is 3.16. The van der Waals surface area contributed by atoms with E-state index >= 15 is 0 Å². The van der Waals surface area contributed by atoms with E-state index in [1.807, 2.05) is 50.2 Å². The van der Waals surface area contributed by atoms with E-state index in [-0.39, 0.29) is 40.9 Å². The number of anilines is 1. The van der Waals surface area contributed by atoms with Gasteiger partial charge in [0.2, 0.25) is 0 Å². The molecule has 0 aliphatic rings. The number of rotatable bonds is 9. The number of nitrogens with zero attached hydrogens (tertiary/aromatic N) is 6. The van der Waals surface area contributed by atoms with Crippen molar-refractivity contribution in [3.05, 3.63) is 129 Å². The Balaban J connectivity index is 1.39. The van der Waals surface area contributed by atoms with Crippen LogP contribution in [0.15, 0.2) is 97.1 Å². The molecule has 5 aromatic carbocycles. The molecule has 1 aromatic heterocycles. The van der Waals surface area contributed by atoms with Gasteiger partial charge >= 0.3 is 6.03 Å². The number of carbonyl (C=O) groups is 2. The van der Waals surface area contributed by atoms with Crippen LogP contribution in [0.4, 0.5) is 16.2 Å². The molecule has 2 amide bonds. The average Bonchev–Trinajstić information content (AvgIpc) is 3.60. The normalized spacial score (nSPS) is 11.1. The van der Waals surface area contributed by atoms with Crippen LogP contribution in [0.2, 0.25) is 0 Å². The van der Waals surface area contributed by atoms with E-state index in [1.165, 1.54) is 29.2 Å². The number of benzene rings is 5. The predicted molar refractivity (Wildman–Crippen MR) is 187 cm³/mol. The number of ether oxygens (including phenoxy) is 1. The van der Waals surface area contributed by atoms with E-state index in [0.717, 1.165) is 15.8 Å². The quantitative estimate of drug-likeness (QED) is 0.0892. The van der Waals surface area contributed by atoms with Crippen molar-refractivity contribution >= 4 is 34.1 Å². The number of para-hydroxylation sites is 1. The molecule has 252 valence electrons. The van der Waals surface area contributed by atoms with Crippen LogP contribution in [0.25, 0.3) is 22.2 Å². The van der Waals surface area contributed by atoms with E-state index in [1.54, 1.807) is 50.2 Å². The fourth-order valence-electron chi connectivity index (χ4n) is 5.48. The van der Waals surface area contributed by atoms with Crippen molar-refractivity contribution in [2.75, 3.05) is 5.32 Å². The van der Waals surface area contributed by atoms with Gasteiger partial charge in [0.05, 0.1) is 17.0 Å². The molecule has 6 rings (SSSR count). The van der Waals surface area contributed by atoms with Crippen LogP contribution in [-0.2, 0) is 6.54 Å². The largest absolute Gasteiger partial charge is 0.506 e. The number of aryl methyl sites for hydroxylation is 2. The maximum absolute atomic E-state index is 14.0. The first-order valence-corrected chi connectivity index (χ1v) is 15.7. The maximum atomic E-state index is 14.0. The number of hydrogen-bond acceptors (Lipinski definition) is 9. The number of aromatic hydroxyl groups is 1. The minimum Gasteiger partial charge on any atom is -0.506 e. The van der Waals surface area contributed by atoms with E-state index < -0.39 is 22.9 Å². The number of non-ortho nitro benzene ring substituents is 1. The predicted octanol–water partition coefficient (Wildman–Crippen LogP) is 7.65. The van der Waals surface area contributed by atoms with Crippen molar-refractivity contribution in [1.29, 1.82) is 0 Å². The molecule has 0 saturated carbocycles. The summed E-state index contributed by atoms with van der Waals surface area (Å²) in [6.45, 7) is 7.29.